The summed E-state index contributed by atoms with van der Waals surface area (Å²) < 4.78 is 2.10. The maximum atomic E-state index is 5.86. The largest absolute Gasteiger partial charge is 0.382 e. The molecular formula is C13H20N4. The van der Waals surface area contributed by atoms with Gasteiger partial charge in [0, 0.05) is 18.3 Å². The van der Waals surface area contributed by atoms with Crippen LogP contribution in [0.5, 0.6) is 0 Å². The Bertz CT molecular complexity index is 511. The third-order valence-electron chi connectivity index (χ3n) is 3.25. The van der Waals surface area contributed by atoms with E-state index in [2.05, 4.69) is 14.4 Å². The molecule has 0 unspecified atom stereocenters. The van der Waals surface area contributed by atoms with Crippen LogP contribution in [0.25, 0.3) is 5.52 Å². The molecule has 2 heterocycles. The Labute approximate surface area is 102 Å². The van der Waals surface area contributed by atoms with Crippen molar-refractivity contribution in [2.45, 2.75) is 46.0 Å². The van der Waals surface area contributed by atoms with E-state index in [4.69, 9.17) is 5.73 Å². The lowest BCUT2D eigenvalue weighted by molar-refractivity contribution is 0.400. The molecule has 17 heavy (non-hydrogen) atoms. The third kappa shape index (κ3) is 1.88. The van der Waals surface area contributed by atoms with Crippen LogP contribution in [-0.4, -0.2) is 14.4 Å². The summed E-state index contributed by atoms with van der Waals surface area (Å²) in [4.78, 5) is 8.72. The molecule has 4 nitrogen and oxygen atoms in total. The average Bonchev–Trinajstić information content (AvgIpc) is 2.58. The van der Waals surface area contributed by atoms with Gasteiger partial charge in [-0.3, -0.25) is 4.40 Å². The fourth-order valence-corrected chi connectivity index (χ4v) is 2.22. The van der Waals surface area contributed by atoms with Gasteiger partial charge in [0.2, 0.25) is 0 Å². The molecule has 0 bridgehead atoms. The Hall–Kier alpha value is -1.58. The SMILES string of the molecule is CC.Cc1nc(C2CCC2)n2ccnc(N)c12. The number of hydrogen-bond donors (Lipinski definition) is 1. The van der Waals surface area contributed by atoms with Crippen LogP contribution in [-0.2, 0) is 0 Å². The minimum Gasteiger partial charge on any atom is -0.382 e. The molecule has 0 radical (unpaired) electrons. The van der Waals surface area contributed by atoms with Gasteiger partial charge >= 0.3 is 0 Å². The number of hydrogen-bond acceptors (Lipinski definition) is 3. The number of nitrogens with two attached hydrogens (primary N) is 1. The second kappa shape index (κ2) is 4.73. The summed E-state index contributed by atoms with van der Waals surface area (Å²) in [6.45, 7) is 6.00. The van der Waals surface area contributed by atoms with Crippen LogP contribution in [0.2, 0.25) is 0 Å². The van der Waals surface area contributed by atoms with E-state index >= 15 is 0 Å². The molecular weight excluding hydrogens is 212 g/mol. The van der Waals surface area contributed by atoms with Gasteiger partial charge in [-0.15, -0.1) is 0 Å². The van der Waals surface area contributed by atoms with Gasteiger partial charge < -0.3 is 5.73 Å². The Balaban J connectivity index is 0.000000514. The zero-order chi connectivity index (χ0) is 12.4. The molecule has 4 heteroatoms. The van der Waals surface area contributed by atoms with Crippen LogP contribution in [0.15, 0.2) is 12.4 Å². The molecule has 2 aromatic rings. The second-order valence-corrected chi connectivity index (χ2v) is 4.21. The third-order valence-corrected chi connectivity index (χ3v) is 3.25. The molecule has 0 aromatic carbocycles. The Kier molecular flexibility index (Phi) is 3.31. The summed E-state index contributed by atoms with van der Waals surface area (Å²) in [5, 5.41) is 0. The van der Waals surface area contributed by atoms with Gasteiger partial charge in [-0.2, -0.15) is 0 Å². The lowest BCUT2D eigenvalue weighted by atomic mass is 9.85. The number of rotatable bonds is 1. The lowest BCUT2D eigenvalue weighted by Crippen LogP contribution is -2.12. The first-order valence-corrected chi connectivity index (χ1v) is 6.36. The molecule has 0 amide bonds. The quantitative estimate of drug-likeness (QED) is 0.822. The summed E-state index contributed by atoms with van der Waals surface area (Å²) in [7, 11) is 0. The van der Waals surface area contributed by atoms with E-state index in [9.17, 15) is 0 Å². The smallest absolute Gasteiger partial charge is 0.149 e. The van der Waals surface area contributed by atoms with Gasteiger partial charge in [0.15, 0.2) is 0 Å². The van der Waals surface area contributed by atoms with Gasteiger partial charge in [-0.05, 0) is 19.8 Å². The first-order valence-electron chi connectivity index (χ1n) is 6.36. The fourth-order valence-electron chi connectivity index (χ4n) is 2.22. The van der Waals surface area contributed by atoms with Gasteiger partial charge in [-0.25, -0.2) is 9.97 Å². The molecule has 1 saturated carbocycles. The van der Waals surface area contributed by atoms with Gasteiger partial charge in [0.1, 0.15) is 17.2 Å². The predicted octanol–water partition coefficient (Wildman–Crippen LogP) is 2.91. The highest BCUT2D eigenvalue weighted by molar-refractivity contribution is 5.68. The van der Waals surface area contributed by atoms with Crippen molar-refractivity contribution in [3.63, 3.8) is 0 Å². The van der Waals surface area contributed by atoms with Crippen LogP contribution in [0, 0.1) is 6.92 Å². The summed E-state index contributed by atoms with van der Waals surface area (Å²) in [6.07, 6.45) is 7.52. The Morgan fingerprint density at radius 2 is 2.06 bits per heavy atom. The van der Waals surface area contributed by atoms with Crippen molar-refractivity contribution < 1.29 is 0 Å². The van der Waals surface area contributed by atoms with Crippen LogP contribution in [0.3, 0.4) is 0 Å². The zero-order valence-electron chi connectivity index (χ0n) is 10.8. The highest BCUT2D eigenvalue weighted by Crippen LogP contribution is 2.36. The zero-order valence-corrected chi connectivity index (χ0v) is 10.8. The molecule has 2 N–H and O–H groups in total. The van der Waals surface area contributed by atoms with Crippen molar-refractivity contribution in [1.82, 2.24) is 14.4 Å². The van der Waals surface area contributed by atoms with E-state index in [-0.39, 0.29) is 0 Å². The maximum Gasteiger partial charge on any atom is 0.149 e. The molecule has 2 aromatic heterocycles. The van der Waals surface area contributed by atoms with Crippen LogP contribution in [0.4, 0.5) is 5.82 Å². The highest BCUT2D eigenvalue weighted by atomic mass is 15.1. The number of fused-ring (bicyclic) bond motifs is 1. The van der Waals surface area contributed by atoms with Crippen molar-refractivity contribution >= 4 is 11.3 Å². The van der Waals surface area contributed by atoms with E-state index in [1.807, 2.05) is 27.0 Å². The molecule has 3 rings (SSSR count). The molecule has 1 fully saturated rings. The number of aromatic nitrogens is 3. The first kappa shape index (κ1) is 11.9. The summed E-state index contributed by atoms with van der Waals surface area (Å²) in [5.74, 6) is 2.35. The number of anilines is 1. The van der Waals surface area contributed by atoms with E-state index in [0.29, 0.717) is 11.7 Å². The van der Waals surface area contributed by atoms with Crippen LogP contribution >= 0.6 is 0 Å². The van der Waals surface area contributed by atoms with Gasteiger partial charge in [0.05, 0.1) is 5.69 Å². The lowest BCUT2D eigenvalue weighted by Gasteiger charge is -2.23. The molecule has 1 aliphatic rings. The minimum absolute atomic E-state index is 0.577. The number of aryl methyl sites for hydroxylation is 1. The summed E-state index contributed by atoms with van der Waals surface area (Å²) >= 11 is 0. The van der Waals surface area contributed by atoms with Crippen LogP contribution in [0.1, 0.15) is 50.5 Å². The molecule has 0 aliphatic heterocycles. The standard InChI is InChI=1S/C11H14N4.C2H6/c1-7-9-10(12)13-5-6-15(9)11(14-7)8-3-2-4-8;1-2/h5-6,8H,2-4H2,1H3,(H2,12,13);1-2H3. The molecule has 0 saturated heterocycles. The number of nitrogen functional groups attached to an aromatic ring is 1. The van der Waals surface area contributed by atoms with E-state index in [1.54, 1.807) is 6.20 Å². The minimum atomic E-state index is 0.577. The Morgan fingerprint density at radius 1 is 1.35 bits per heavy atom. The number of nitrogens with zero attached hydrogens (tertiary/aromatic N) is 3. The van der Waals surface area contributed by atoms with E-state index < -0.39 is 0 Å². The fraction of sp³-hybridized carbons (Fsp3) is 0.538. The van der Waals surface area contributed by atoms with E-state index in [1.165, 1.54) is 19.3 Å². The van der Waals surface area contributed by atoms with Gasteiger partial charge in [0.25, 0.3) is 0 Å². The molecule has 0 spiro atoms. The monoisotopic (exact) mass is 232 g/mol. The van der Waals surface area contributed by atoms with Crippen molar-refractivity contribution in [2.24, 2.45) is 0 Å². The van der Waals surface area contributed by atoms with Crippen molar-refractivity contribution in [2.75, 3.05) is 5.73 Å². The second-order valence-electron chi connectivity index (χ2n) is 4.21. The van der Waals surface area contributed by atoms with Gasteiger partial charge in [-0.1, -0.05) is 20.3 Å². The maximum absolute atomic E-state index is 5.86. The van der Waals surface area contributed by atoms with Crippen molar-refractivity contribution in [1.29, 1.82) is 0 Å². The Morgan fingerprint density at radius 3 is 2.65 bits per heavy atom. The molecule has 0 atom stereocenters. The van der Waals surface area contributed by atoms with E-state index in [0.717, 1.165) is 17.0 Å². The normalized spacial score (nSPS) is 15.2. The summed E-state index contributed by atoms with van der Waals surface area (Å²) in [6, 6.07) is 0. The number of imidazole rings is 1. The topological polar surface area (TPSA) is 56.2 Å². The molecule has 92 valence electrons. The van der Waals surface area contributed by atoms with Crippen molar-refractivity contribution in [3.8, 4) is 0 Å². The summed E-state index contributed by atoms with van der Waals surface area (Å²) in [5.41, 5.74) is 7.82. The predicted molar refractivity (Wildman–Crippen MR) is 70.1 cm³/mol. The first-order chi connectivity index (χ1) is 8.27. The van der Waals surface area contributed by atoms with Crippen molar-refractivity contribution in [3.05, 3.63) is 23.9 Å². The van der Waals surface area contributed by atoms with Crippen LogP contribution < -0.4 is 5.73 Å². The average molecular weight is 232 g/mol. The molecule has 1 aliphatic carbocycles. The highest BCUT2D eigenvalue weighted by Gasteiger charge is 2.25.